The van der Waals surface area contributed by atoms with Crippen molar-refractivity contribution in [2.75, 3.05) is 7.11 Å². The van der Waals surface area contributed by atoms with Crippen molar-refractivity contribution in [3.63, 3.8) is 0 Å². The zero-order valence-electron chi connectivity index (χ0n) is 14.5. The number of primary amides is 1. The van der Waals surface area contributed by atoms with Crippen molar-refractivity contribution >= 4 is 33.6 Å². The molecule has 0 aliphatic rings. The highest BCUT2D eigenvalue weighted by atomic mass is 79.9. The summed E-state index contributed by atoms with van der Waals surface area (Å²) in [4.78, 5) is 33.2. The van der Waals surface area contributed by atoms with Crippen LogP contribution in [0.25, 0.3) is 0 Å². The minimum atomic E-state index is -0.980. The van der Waals surface area contributed by atoms with Crippen LogP contribution in [0.1, 0.15) is 33.6 Å². The molecular weight excluding hydrogens is 374 g/mol. The summed E-state index contributed by atoms with van der Waals surface area (Å²) in [6, 6.07) is 0. The number of hydrogen-bond donors (Lipinski definition) is 1. The third-order valence-corrected chi connectivity index (χ3v) is 4.02. The van der Waals surface area contributed by atoms with Gasteiger partial charge in [0.15, 0.2) is 10.6 Å². The largest absolute Gasteiger partial charge is 0.465 e. The quantitative estimate of drug-likeness (QED) is 0.161. The van der Waals surface area contributed by atoms with E-state index in [0.29, 0.717) is 17.6 Å². The summed E-state index contributed by atoms with van der Waals surface area (Å²) >= 11 is 2.97. The molecule has 0 aromatic carbocycles. The molecule has 0 saturated carbocycles. The molecule has 1 unspecified atom stereocenters. The van der Waals surface area contributed by atoms with Gasteiger partial charge in [0.05, 0.1) is 12.7 Å². The van der Waals surface area contributed by atoms with Crippen molar-refractivity contribution in [1.82, 2.24) is 0 Å². The van der Waals surface area contributed by atoms with Gasteiger partial charge in [0.1, 0.15) is 0 Å². The Morgan fingerprint density at radius 1 is 1.21 bits per heavy atom. The summed E-state index contributed by atoms with van der Waals surface area (Å²) in [5, 5.41) is 0. The maximum atomic E-state index is 11.8. The first kappa shape index (κ1) is 22.1. The Labute approximate surface area is 151 Å². The first-order valence-electron chi connectivity index (χ1n) is 7.48. The van der Waals surface area contributed by atoms with Gasteiger partial charge in [-0.3, -0.25) is 9.59 Å². The molecule has 0 bridgehead atoms. The molecule has 1 amide bonds. The van der Waals surface area contributed by atoms with Gasteiger partial charge in [-0.1, -0.05) is 45.8 Å². The summed E-state index contributed by atoms with van der Waals surface area (Å²) in [5.41, 5.74) is 6.99. The highest BCUT2D eigenvalue weighted by Crippen LogP contribution is 2.10. The minimum Gasteiger partial charge on any atom is -0.465 e. The van der Waals surface area contributed by atoms with E-state index >= 15 is 0 Å². The summed E-state index contributed by atoms with van der Waals surface area (Å²) in [7, 11) is 1.34. The molecule has 132 valence electrons. The Morgan fingerprint density at radius 2 is 1.83 bits per heavy atom. The number of hydrogen-bond acceptors (Lipinski definition) is 4. The summed E-state index contributed by atoms with van der Waals surface area (Å²) in [6.07, 6.45) is 10.4. The van der Waals surface area contributed by atoms with Crippen molar-refractivity contribution in [3.05, 3.63) is 47.1 Å². The summed E-state index contributed by atoms with van der Waals surface area (Å²) < 4.78 is 4.68. The monoisotopic (exact) mass is 397 g/mol. The van der Waals surface area contributed by atoms with E-state index in [-0.39, 0.29) is 11.8 Å². The van der Waals surface area contributed by atoms with Gasteiger partial charge in [0.25, 0.3) is 0 Å². The van der Waals surface area contributed by atoms with E-state index in [1.807, 2.05) is 19.1 Å². The van der Waals surface area contributed by atoms with E-state index in [9.17, 15) is 14.4 Å². The van der Waals surface area contributed by atoms with Crippen LogP contribution in [-0.2, 0) is 19.1 Å². The number of rotatable bonds is 9. The third-order valence-electron chi connectivity index (χ3n) is 3.15. The molecule has 0 aliphatic heterocycles. The van der Waals surface area contributed by atoms with Crippen LogP contribution in [0.3, 0.4) is 0 Å². The smallest absolute Gasteiger partial charge is 0.337 e. The van der Waals surface area contributed by atoms with Gasteiger partial charge in [-0.2, -0.15) is 0 Å². The number of allylic oxidation sites excluding steroid dienone is 6. The van der Waals surface area contributed by atoms with Crippen molar-refractivity contribution in [1.29, 1.82) is 0 Å². The SMILES string of the molecule is C/C=C(/C=C(C)/C=C/CC/C=C(\C)C(=O)C(Br)C(N)=O)C(=O)OC. The molecule has 0 fully saturated rings. The van der Waals surface area contributed by atoms with E-state index in [1.54, 1.807) is 32.1 Å². The number of halogens is 1. The zero-order valence-corrected chi connectivity index (χ0v) is 16.1. The highest BCUT2D eigenvalue weighted by molar-refractivity contribution is 9.10. The third kappa shape index (κ3) is 8.06. The van der Waals surface area contributed by atoms with E-state index in [4.69, 9.17) is 5.73 Å². The number of alkyl halides is 1. The molecule has 6 heteroatoms. The lowest BCUT2D eigenvalue weighted by molar-refractivity contribution is -0.135. The van der Waals surface area contributed by atoms with Crippen molar-refractivity contribution in [3.8, 4) is 0 Å². The second-order valence-corrected chi connectivity index (χ2v) is 6.04. The van der Waals surface area contributed by atoms with Crippen LogP contribution < -0.4 is 5.73 Å². The lowest BCUT2D eigenvalue weighted by atomic mass is 10.1. The van der Waals surface area contributed by atoms with Crippen LogP contribution in [0.15, 0.2) is 47.1 Å². The molecule has 0 saturated heterocycles. The lowest BCUT2D eigenvalue weighted by Crippen LogP contribution is -2.31. The Kier molecular flexibility index (Phi) is 10.6. The molecule has 24 heavy (non-hydrogen) atoms. The number of Topliss-reactive ketones (excluding diaryl/α,β-unsaturated/α-hetero) is 1. The topological polar surface area (TPSA) is 86.5 Å². The number of esters is 1. The number of amides is 1. The molecule has 1 atom stereocenters. The number of carbonyl (C=O) groups is 3. The Bertz CT molecular complexity index is 600. The fourth-order valence-electron chi connectivity index (χ4n) is 1.77. The Balaban J connectivity index is 4.58. The number of unbranched alkanes of at least 4 members (excludes halogenated alkanes) is 1. The first-order chi connectivity index (χ1) is 11.2. The van der Waals surface area contributed by atoms with Crippen LogP contribution in [0.2, 0.25) is 0 Å². The molecular formula is C18H24BrNO4. The van der Waals surface area contributed by atoms with Gasteiger partial charge in [0, 0.05) is 0 Å². The minimum absolute atomic E-state index is 0.321. The normalized spacial score (nSPS) is 14.6. The van der Waals surface area contributed by atoms with Gasteiger partial charge in [-0.15, -0.1) is 0 Å². The van der Waals surface area contributed by atoms with Crippen molar-refractivity contribution in [2.24, 2.45) is 5.73 Å². The van der Waals surface area contributed by atoms with Gasteiger partial charge >= 0.3 is 5.97 Å². The summed E-state index contributed by atoms with van der Waals surface area (Å²) in [5.74, 6) is -1.39. The van der Waals surface area contributed by atoms with Crippen molar-refractivity contribution < 1.29 is 19.1 Å². The molecule has 0 spiro atoms. The van der Waals surface area contributed by atoms with Crippen LogP contribution in [-0.4, -0.2) is 29.6 Å². The number of methoxy groups -OCH3 is 1. The maximum Gasteiger partial charge on any atom is 0.337 e. The molecule has 0 radical (unpaired) electrons. The molecule has 2 N–H and O–H groups in total. The number of carbonyl (C=O) groups excluding carboxylic acids is 3. The van der Waals surface area contributed by atoms with Crippen LogP contribution >= 0.6 is 15.9 Å². The average molecular weight is 398 g/mol. The van der Waals surface area contributed by atoms with E-state index < -0.39 is 10.7 Å². The molecule has 5 nitrogen and oxygen atoms in total. The second kappa shape index (κ2) is 11.6. The second-order valence-electron chi connectivity index (χ2n) is 5.12. The van der Waals surface area contributed by atoms with Gasteiger partial charge in [-0.05, 0) is 45.3 Å². The zero-order chi connectivity index (χ0) is 18.7. The van der Waals surface area contributed by atoms with Crippen molar-refractivity contribution in [2.45, 2.75) is 38.4 Å². The van der Waals surface area contributed by atoms with Gasteiger partial charge in [0.2, 0.25) is 5.91 Å². The van der Waals surface area contributed by atoms with Crippen LogP contribution in [0.4, 0.5) is 0 Å². The highest BCUT2D eigenvalue weighted by Gasteiger charge is 2.21. The molecule has 0 aromatic heterocycles. The fourth-order valence-corrected chi connectivity index (χ4v) is 2.13. The Hall–Kier alpha value is -1.95. The molecule has 0 aromatic rings. The fraction of sp³-hybridized carbons (Fsp3) is 0.389. The van der Waals surface area contributed by atoms with E-state index in [1.165, 1.54) is 7.11 Å². The van der Waals surface area contributed by atoms with Crippen LogP contribution in [0.5, 0.6) is 0 Å². The van der Waals surface area contributed by atoms with Gasteiger partial charge in [-0.25, -0.2) is 4.79 Å². The average Bonchev–Trinajstić information content (AvgIpc) is 2.56. The summed E-state index contributed by atoms with van der Waals surface area (Å²) in [6.45, 7) is 5.31. The molecule has 0 heterocycles. The maximum absolute atomic E-state index is 11.8. The first-order valence-corrected chi connectivity index (χ1v) is 8.40. The lowest BCUT2D eigenvalue weighted by Gasteiger charge is -2.04. The standard InChI is InChI=1S/C18H24BrNO4/c1-5-14(18(23)24-4)11-12(2)9-7-6-8-10-13(3)16(21)15(19)17(20)22/h5,7,9-11,15H,6,8H2,1-4H3,(H2,20,22)/b9-7+,12-11+,13-10+,14-5-. The Morgan fingerprint density at radius 3 is 2.33 bits per heavy atom. The van der Waals surface area contributed by atoms with E-state index in [2.05, 4.69) is 20.7 Å². The molecule has 0 aliphatic carbocycles. The number of nitrogens with two attached hydrogens (primary N) is 1. The number of ether oxygens (including phenoxy) is 1. The van der Waals surface area contributed by atoms with Gasteiger partial charge < -0.3 is 10.5 Å². The van der Waals surface area contributed by atoms with E-state index in [0.717, 1.165) is 12.0 Å². The number of ketones is 1. The predicted molar refractivity (Wildman–Crippen MR) is 98.6 cm³/mol. The molecule has 0 rings (SSSR count). The predicted octanol–water partition coefficient (Wildman–Crippen LogP) is 3.15. The van der Waals surface area contributed by atoms with Crippen LogP contribution in [0, 0.1) is 0 Å².